The Labute approximate surface area is 184 Å². The maximum absolute atomic E-state index is 13.1. The second-order valence-electron chi connectivity index (χ2n) is 7.79. The molecule has 32 heavy (non-hydrogen) atoms. The van der Waals surface area contributed by atoms with Gasteiger partial charge in [0.2, 0.25) is 5.78 Å². The number of fused-ring (bicyclic) bond motifs is 1. The summed E-state index contributed by atoms with van der Waals surface area (Å²) in [6, 6.07) is 12.7. The van der Waals surface area contributed by atoms with Crippen LogP contribution in [0.1, 0.15) is 22.0 Å². The van der Waals surface area contributed by atoms with E-state index in [-0.39, 0.29) is 5.91 Å². The number of hydrogen-bond donors (Lipinski definition) is 1. The number of carbonyl (C=O) groups is 3. The average Bonchev–Trinajstić information content (AvgIpc) is 3.53. The third kappa shape index (κ3) is 3.51. The normalized spacial score (nSPS) is 17.6. The van der Waals surface area contributed by atoms with Crippen LogP contribution in [0, 0.1) is 0 Å². The first-order valence-corrected chi connectivity index (χ1v) is 10.5. The SMILES string of the molecule is O=C(C(=O)N1CCN(C(=O)c2ccccc2)CC1)C1CNc2c(-n3cccn3)ccnc21. The molecule has 1 saturated heterocycles. The Kier molecular flexibility index (Phi) is 5.14. The number of amides is 2. The summed E-state index contributed by atoms with van der Waals surface area (Å²) in [5.41, 5.74) is 2.70. The highest BCUT2D eigenvalue weighted by atomic mass is 16.2. The summed E-state index contributed by atoms with van der Waals surface area (Å²) in [5.74, 6) is -1.71. The van der Waals surface area contributed by atoms with E-state index in [0.29, 0.717) is 44.0 Å². The van der Waals surface area contributed by atoms with Crippen molar-refractivity contribution in [3.8, 4) is 5.69 Å². The second-order valence-corrected chi connectivity index (χ2v) is 7.79. The molecule has 162 valence electrons. The van der Waals surface area contributed by atoms with Crippen molar-refractivity contribution in [2.24, 2.45) is 0 Å². The molecular formula is C23H22N6O3. The second kappa shape index (κ2) is 8.26. The number of ketones is 1. The van der Waals surface area contributed by atoms with Gasteiger partial charge in [-0.25, -0.2) is 4.68 Å². The number of hydrogen-bond acceptors (Lipinski definition) is 6. The summed E-state index contributed by atoms with van der Waals surface area (Å²) in [6.45, 7) is 1.77. The standard InChI is InChI=1S/C23H22N6O3/c30-21(17-15-25-20-18(7-9-24-19(17)20)29-10-4-8-26-29)23(32)28-13-11-27(12-14-28)22(31)16-5-2-1-3-6-16/h1-10,17,25H,11-15H2. The van der Waals surface area contributed by atoms with E-state index >= 15 is 0 Å². The maximum Gasteiger partial charge on any atom is 0.290 e. The molecule has 0 radical (unpaired) electrons. The van der Waals surface area contributed by atoms with Crippen LogP contribution < -0.4 is 5.32 Å². The number of aromatic nitrogens is 3. The lowest BCUT2D eigenvalue weighted by molar-refractivity contribution is -0.146. The van der Waals surface area contributed by atoms with Gasteiger partial charge in [-0.3, -0.25) is 19.4 Å². The van der Waals surface area contributed by atoms with E-state index in [9.17, 15) is 14.4 Å². The van der Waals surface area contributed by atoms with Crippen LogP contribution in [0.15, 0.2) is 61.1 Å². The molecule has 1 aromatic carbocycles. The lowest BCUT2D eigenvalue weighted by Crippen LogP contribution is -2.52. The quantitative estimate of drug-likeness (QED) is 0.627. The first-order chi connectivity index (χ1) is 15.6. The number of carbonyl (C=O) groups excluding carboxylic acids is 3. The highest BCUT2D eigenvalue weighted by molar-refractivity contribution is 6.38. The van der Waals surface area contributed by atoms with Crippen LogP contribution in [0.5, 0.6) is 0 Å². The fraction of sp³-hybridized carbons (Fsp3) is 0.261. The molecule has 9 heteroatoms. The zero-order valence-corrected chi connectivity index (χ0v) is 17.3. The Morgan fingerprint density at radius 3 is 2.38 bits per heavy atom. The molecule has 1 fully saturated rings. The minimum Gasteiger partial charge on any atom is -0.381 e. The topological polar surface area (TPSA) is 100 Å². The predicted molar refractivity (Wildman–Crippen MR) is 117 cm³/mol. The van der Waals surface area contributed by atoms with Gasteiger partial charge in [0, 0.05) is 56.9 Å². The molecule has 3 aromatic rings. The van der Waals surface area contributed by atoms with Crippen LogP contribution in [-0.4, -0.2) is 74.9 Å². The summed E-state index contributed by atoms with van der Waals surface area (Å²) < 4.78 is 1.70. The molecular weight excluding hydrogens is 408 g/mol. The molecule has 2 aliphatic heterocycles. The lowest BCUT2D eigenvalue weighted by atomic mass is 10.00. The molecule has 0 aliphatic carbocycles. The molecule has 0 bridgehead atoms. The summed E-state index contributed by atoms with van der Waals surface area (Å²) in [4.78, 5) is 46.3. The highest BCUT2D eigenvalue weighted by Gasteiger charge is 2.38. The van der Waals surface area contributed by atoms with Crippen LogP contribution in [0.2, 0.25) is 0 Å². The van der Waals surface area contributed by atoms with Crippen molar-refractivity contribution in [3.05, 3.63) is 72.3 Å². The van der Waals surface area contributed by atoms with Gasteiger partial charge < -0.3 is 15.1 Å². The van der Waals surface area contributed by atoms with Gasteiger partial charge in [0.15, 0.2) is 0 Å². The van der Waals surface area contributed by atoms with Crippen LogP contribution in [0.4, 0.5) is 5.69 Å². The molecule has 0 saturated carbocycles. The molecule has 0 spiro atoms. The summed E-state index contributed by atoms with van der Waals surface area (Å²) in [6.07, 6.45) is 5.12. The molecule has 4 heterocycles. The van der Waals surface area contributed by atoms with Crippen molar-refractivity contribution < 1.29 is 14.4 Å². The Hall–Kier alpha value is -4.01. The third-order valence-electron chi connectivity index (χ3n) is 5.92. The van der Waals surface area contributed by atoms with Crippen LogP contribution >= 0.6 is 0 Å². The number of pyridine rings is 1. The largest absolute Gasteiger partial charge is 0.381 e. The van der Waals surface area contributed by atoms with Gasteiger partial charge in [-0.2, -0.15) is 5.10 Å². The van der Waals surface area contributed by atoms with Crippen molar-refractivity contribution >= 4 is 23.3 Å². The fourth-order valence-corrected chi connectivity index (χ4v) is 4.21. The first kappa shape index (κ1) is 19.9. The molecule has 1 N–H and O–H groups in total. The number of rotatable bonds is 4. The van der Waals surface area contributed by atoms with Gasteiger partial charge in [0.05, 0.1) is 23.0 Å². The smallest absolute Gasteiger partial charge is 0.290 e. The van der Waals surface area contributed by atoms with Crippen LogP contribution in [0.25, 0.3) is 5.69 Å². The first-order valence-electron chi connectivity index (χ1n) is 10.5. The molecule has 1 unspecified atom stereocenters. The van der Waals surface area contributed by atoms with Crippen LogP contribution in [-0.2, 0) is 9.59 Å². The van der Waals surface area contributed by atoms with Crippen molar-refractivity contribution in [1.82, 2.24) is 24.6 Å². The van der Waals surface area contributed by atoms with Gasteiger partial charge in [-0.1, -0.05) is 18.2 Å². The number of benzene rings is 1. The van der Waals surface area contributed by atoms with Crippen molar-refractivity contribution in [3.63, 3.8) is 0 Å². The summed E-state index contributed by atoms with van der Waals surface area (Å²) >= 11 is 0. The zero-order valence-electron chi connectivity index (χ0n) is 17.3. The Morgan fingerprint density at radius 1 is 0.906 bits per heavy atom. The van der Waals surface area contributed by atoms with E-state index in [2.05, 4.69) is 15.4 Å². The number of nitrogens with one attached hydrogen (secondary N) is 1. The number of Topliss-reactive ketones (excluding diaryl/α,β-unsaturated/α-hetero) is 1. The van der Waals surface area contributed by atoms with E-state index < -0.39 is 17.6 Å². The van der Waals surface area contributed by atoms with E-state index in [4.69, 9.17) is 0 Å². The highest BCUT2D eigenvalue weighted by Crippen LogP contribution is 2.35. The van der Waals surface area contributed by atoms with Gasteiger partial charge in [-0.15, -0.1) is 0 Å². The molecule has 2 aliphatic rings. The van der Waals surface area contributed by atoms with Crippen molar-refractivity contribution in [2.75, 3.05) is 38.0 Å². The third-order valence-corrected chi connectivity index (χ3v) is 5.92. The van der Waals surface area contributed by atoms with Crippen molar-refractivity contribution in [1.29, 1.82) is 0 Å². The number of nitrogens with zero attached hydrogens (tertiary/aromatic N) is 5. The number of anilines is 1. The molecule has 2 amide bonds. The Balaban J connectivity index is 1.26. The molecule has 1 atom stereocenters. The van der Waals surface area contributed by atoms with Gasteiger partial charge in [0.1, 0.15) is 0 Å². The maximum atomic E-state index is 13.1. The van der Waals surface area contributed by atoms with Gasteiger partial charge in [-0.05, 0) is 24.3 Å². The van der Waals surface area contributed by atoms with Gasteiger partial charge in [0.25, 0.3) is 11.8 Å². The molecule has 5 rings (SSSR count). The molecule has 9 nitrogen and oxygen atoms in total. The number of piperazine rings is 1. The minimum absolute atomic E-state index is 0.0618. The van der Waals surface area contributed by atoms with E-state index in [1.165, 1.54) is 4.90 Å². The predicted octanol–water partition coefficient (Wildman–Crippen LogP) is 1.33. The Morgan fingerprint density at radius 2 is 1.66 bits per heavy atom. The molecule has 2 aromatic heterocycles. The van der Waals surface area contributed by atoms with E-state index in [0.717, 1.165) is 11.4 Å². The fourth-order valence-electron chi connectivity index (χ4n) is 4.21. The lowest BCUT2D eigenvalue weighted by Gasteiger charge is -2.34. The summed E-state index contributed by atoms with van der Waals surface area (Å²) in [5, 5.41) is 7.46. The minimum atomic E-state index is -0.642. The monoisotopic (exact) mass is 430 g/mol. The van der Waals surface area contributed by atoms with Gasteiger partial charge >= 0.3 is 0 Å². The van der Waals surface area contributed by atoms with E-state index in [1.54, 1.807) is 34.1 Å². The van der Waals surface area contributed by atoms with E-state index in [1.807, 2.05) is 36.5 Å². The zero-order chi connectivity index (χ0) is 22.1. The summed E-state index contributed by atoms with van der Waals surface area (Å²) in [7, 11) is 0. The van der Waals surface area contributed by atoms with Crippen LogP contribution in [0.3, 0.4) is 0 Å². The van der Waals surface area contributed by atoms with Crippen molar-refractivity contribution in [2.45, 2.75) is 5.92 Å². The Bertz CT molecular complexity index is 1150. The average molecular weight is 430 g/mol.